The van der Waals surface area contributed by atoms with Crippen molar-refractivity contribution < 1.29 is 10.0 Å². The van der Waals surface area contributed by atoms with Crippen molar-refractivity contribution in [1.29, 1.82) is 0 Å². The lowest BCUT2D eigenvalue weighted by molar-refractivity contribution is -0.383. The minimum Gasteiger partial charge on any atom is -0.393 e. The van der Waals surface area contributed by atoms with Crippen LogP contribution in [0.2, 0.25) is 0 Å². The van der Waals surface area contributed by atoms with Gasteiger partial charge in [-0.3, -0.25) is 10.1 Å². The summed E-state index contributed by atoms with van der Waals surface area (Å²) in [5.41, 5.74) is 6.37. The summed E-state index contributed by atoms with van der Waals surface area (Å²) in [6, 6.07) is 4.78. The first-order chi connectivity index (χ1) is 7.56. The largest absolute Gasteiger partial charge is 0.393 e. The van der Waals surface area contributed by atoms with E-state index >= 15 is 0 Å². The highest BCUT2D eigenvalue weighted by atomic mass is 16.6. The van der Waals surface area contributed by atoms with Gasteiger partial charge >= 0.3 is 0 Å². The lowest BCUT2D eigenvalue weighted by Gasteiger charge is -2.32. The number of nitrogen functional groups attached to an aromatic ring is 1. The molecule has 1 aromatic carbocycles. The Morgan fingerprint density at radius 2 is 2.19 bits per heavy atom. The lowest BCUT2D eigenvalue weighted by Crippen LogP contribution is -2.38. The van der Waals surface area contributed by atoms with Gasteiger partial charge in [0.25, 0.3) is 5.69 Å². The van der Waals surface area contributed by atoms with Crippen molar-refractivity contribution in [3.63, 3.8) is 0 Å². The molecule has 0 aliphatic heterocycles. The molecular weight excluding hydrogens is 210 g/mol. The first-order valence-corrected chi connectivity index (χ1v) is 5.05. The van der Waals surface area contributed by atoms with E-state index in [0.717, 1.165) is 5.69 Å². The summed E-state index contributed by atoms with van der Waals surface area (Å²) in [5, 5.41) is 22.8. The van der Waals surface area contributed by atoms with Crippen LogP contribution in [0.1, 0.15) is 12.8 Å². The van der Waals surface area contributed by atoms with Crippen LogP contribution >= 0.6 is 0 Å². The maximum absolute atomic E-state index is 10.5. The van der Waals surface area contributed by atoms with Crippen LogP contribution < -0.4 is 11.1 Å². The molecule has 6 nitrogen and oxygen atoms in total. The fraction of sp³-hybridized carbons (Fsp3) is 0.400. The number of nitro groups is 1. The van der Waals surface area contributed by atoms with Gasteiger partial charge in [0.05, 0.1) is 11.0 Å². The van der Waals surface area contributed by atoms with E-state index in [4.69, 9.17) is 10.8 Å². The summed E-state index contributed by atoms with van der Waals surface area (Å²) < 4.78 is 0. The molecule has 0 radical (unpaired) electrons. The Kier molecular flexibility index (Phi) is 2.66. The molecule has 0 heterocycles. The van der Waals surface area contributed by atoms with Gasteiger partial charge in [-0.05, 0) is 25.0 Å². The van der Waals surface area contributed by atoms with Crippen LogP contribution in [0.5, 0.6) is 0 Å². The van der Waals surface area contributed by atoms with E-state index in [2.05, 4.69) is 5.32 Å². The van der Waals surface area contributed by atoms with Crippen LogP contribution in [-0.4, -0.2) is 22.2 Å². The second-order valence-electron chi connectivity index (χ2n) is 4.00. The molecule has 0 unspecified atom stereocenters. The minimum absolute atomic E-state index is 0.0841. The molecule has 1 saturated carbocycles. The summed E-state index contributed by atoms with van der Waals surface area (Å²) in [6.07, 6.45) is 1.18. The molecule has 1 aliphatic rings. The highest BCUT2D eigenvalue weighted by molar-refractivity contribution is 5.66. The van der Waals surface area contributed by atoms with Crippen molar-refractivity contribution in [2.45, 2.75) is 25.0 Å². The normalized spacial score (nSPS) is 23.6. The number of hydrogen-bond donors (Lipinski definition) is 3. The van der Waals surface area contributed by atoms with Gasteiger partial charge in [-0.1, -0.05) is 0 Å². The maximum Gasteiger partial charge on any atom is 0.292 e. The van der Waals surface area contributed by atoms with Gasteiger partial charge in [0.15, 0.2) is 0 Å². The Balaban J connectivity index is 2.06. The zero-order valence-electron chi connectivity index (χ0n) is 8.59. The number of hydrogen-bond acceptors (Lipinski definition) is 5. The molecule has 1 fully saturated rings. The van der Waals surface area contributed by atoms with Crippen LogP contribution in [0.15, 0.2) is 18.2 Å². The van der Waals surface area contributed by atoms with Crippen molar-refractivity contribution >= 4 is 17.1 Å². The average molecular weight is 223 g/mol. The molecule has 0 bridgehead atoms. The van der Waals surface area contributed by atoms with E-state index in [0.29, 0.717) is 12.8 Å². The summed E-state index contributed by atoms with van der Waals surface area (Å²) in [7, 11) is 0. The fourth-order valence-electron chi connectivity index (χ4n) is 1.75. The molecule has 0 atom stereocenters. The Labute approximate surface area is 92.2 Å². The Hall–Kier alpha value is -1.82. The number of aliphatic hydroxyl groups excluding tert-OH is 1. The van der Waals surface area contributed by atoms with Crippen molar-refractivity contribution in [2.24, 2.45) is 0 Å². The second kappa shape index (κ2) is 3.97. The monoisotopic (exact) mass is 223 g/mol. The Morgan fingerprint density at radius 3 is 2.69 bits per heavy atom. The van der Waals surface area contributed by atoms with Gasteiger partial charge in [0.1, 0.15) is 5.69 Å². The number of nitrogens with one attached hydrogen (secondary N) is 1. The Morgan fingerprint density at radius 1 is 1.50 bits per heavy atom. The maximum atomic E-state index is 10.5. The molecule has 6 heteroatoms. The van der Waals surface area contributed by atoms with Gasteiger partial charge in [0, 0.05) is 17.8 Å². The van der Waals surface area contributed by atoms with Gasteiger partial charge in [-0.2, -0.15) is 0 Å². The molecule has 0 spiro atoms. The highest BCUT2D eigenvalue weighted by Crippen LogP contribution is 2.28. The summed E-state index contributed by atoms with van der Waals surface area (Å²) in [4.78, 5) is 10.0. The standard InChI is InChI=1S/C10H13N3O3/c11-9-5-6(1-2-10(9)13(15)16)12-7-3-8(14)4-7/h1-2,5,7-8,12,14H,3-4,11H2. The van der Waals surface area contributed by atoms with E-state index in [1.807, 2.05) is 0 Å². The van der Waals surface area contributed by atoms with Crippen LogP contribution in [0.25, 0.3) is 0 Å². The smallest absolute Gasteiger partial charge is 0.292 e. The fourth-order valence-corrected chi connectivity index (χ4v) is 1.75. The molecule has 4 N–H and O–H groups in total. The first kappa shape index (κ1) is 10.7. The number of anilines is 2. The highest BCUT2D eigenvalue weighted by Gasteiger charge is 2.27. The van der Waals surface area contributed by atoms with Crippen LogP contribution in [-0.2, 0) is 0 Å². The molecule has 16 heavy (non-hydrogen) atoms. The third-order valence-electron chi connectivity index (χ3n) is 2.71. The van der Waals surface area contributed by atoms with Gasteiger partial charge in [0.2, 0.25) is 0 Å². The molecule has 1 aliphatic carbocycles. The van der Waals surface area contributed by atoms with Gasteiger partial charge < -0.3 is 16.2 Å². The predicted octanol–water partition coefficient (Wildman–Crippen LogP) is 1.11. The topological polar surface area (TPSA) is 101 Å². The molecule has 0 aromatic heterocycles. The number of aliphatic hydroxyl groups is 1. The number of nitro benzene ring substituents is 1. The Bertz CT molecular complexity index is 416. The van der Waals surface area contributed by atoms with Crippen molar-refractivity contribution in [1.82, 2.24) is 0 Å². The molecular formula is C10H13N3O3. The molecule has 0 amide bonds. The zero-order chi connectivity index (χ0) is 11.7. The van der Waals surface area contributed by atoms with E-state index in [-0.39, 0.29) is 23.5 Å². The lowest BCUT2D eigenvalue weighted by atomic mass is 9.89. The number of nitrogens with zero attached hydrogens (tertiary/aromatic N) is 1. The van der Waals surface area contributed by atoms with E-state index < -0.39 is 4.92 Å². The van der Waals surface area contributed by atoms with Crippen molar-refractivity contribution in [3.8, 4) is 0 Å². The van der Waals surface area contributed by atoms with Crippen LogP contribution in [0, 0.1) is 10.1 Å². The second-order valence-corrected chi connectivity index (χ2v) is 4.00. The van der Waals surface area contributed by atoms with Crippen LogP contribution in [0.3, 0.4) is 0 Å². The van der Waals surface area contributed by atoms with E-state index in [1.165, 1.54) is 6.07 Å². The van der Waals surface area contributed by atoms with E-state index in [9.17, 15) is 10.1 Å². The van der Waals surface area contributed by atoms with Crippen LogP contribution in [0.4, 0.5) is 17.1 Å². The predicted molar refractivity (Wildman–Crippen MR) is 60.2 cm³/mol. The number of benzene rings is 1. The molecule has 1 aromatic rings. The SMILES string of the molecule is Nc1cc(NC2CC(O)C2)ccc1[N+](=O)[O-]. The summed E-state index contributed by atoms with van der Waals surface area (Å²) in [6.45, 7) is 0. The van der Waals surface area contributed by atoms with Gasteiger partial charge in [-0.25, -0.2) is 0 Å². The number of nitrogens with two attached hydrogens (primary N) is 1. The average Bonchev–Trinajstić information content (AvgIpc) is 2.15. The summed E-state index contributed by atoms with van der Waals surface area (Å²) in [5.74, 6) is 0. The first-order valence-electron chi connectivity index (χ1n) is 5.05. The van der Waals surface area contributed by atoms with Crippen molar-refractivity contribution in [2.75, 3.05) is 11.1 Å². The van der Waals surface area contributed by atoms with Gasteiger partial charge in [-0.15, -0.1) is 0 Å². The molecule has 0 saturated heterocycles. The third-order valence-corrected chi connectivity index (χ3v) is 2.71. The minimum atomic E-state index is -0.508. The zero-order valence-corrected chi connectivity index (χ0v) is 8.59. The molecule has 2 rings (SSSR count). The quantitative estimate of drug-likeness (QED) is 0.405. The third kappa shape index (κ3) is 2.06. The number of rotatable bonds is 3. The van der Waals surface area contributed by atoms with E-state index in [1.54, 1.807) is 12.1 Å². The van der Waals surface area contributed by atoms with Crippen molar-refractivity contribution in [3.05, 3.63) is 28.3 Å². The summed E-state index contributed by atoms with van der Waals surface area (Å²) >= 11 is 0. The molecule has 86 valence electrons.